The van der Waals surface area contributed by atoms with Gasteiger partial charge in [0, 0.05) is 18.3 Å². The molecule has 0 aromatic carbocycles. The number of aromatic nitrogens is 2. The molecule has 1 aliphatic rings. The molecule has 4 heteroatoms. The summed E-state index contributed by atoms with van der Waals surface area (Å²) in [4.78, 5) is 8.21. The average Bonchev–Trinajstić information content (AvgIpc) is 2.29. The van der Waals surface area contributed by atoms with E-state index in [4.69, 9.17) is 11.6 Å². The Morgan fingerprint density at radius 3 is 2.76 bits per heavy atom. The van der Waals surface area contributed by atoms with Gasteiger partial charge in [-0.1, -0.05) is 32.1 Å². The van der Waals surface area contributed by atoms with Crippen LogP contribution in [0.3, 0.4) is 0 Å². The number of nitrogens with zero attached hydrogens (tertiary/aromatic N) is 2. The van der Waals surface area contributed by atoms with Crippen LogP contribution in [0.2, 0.25) is 5.28 Å². The lowest BCUT2D eigenvalue weighted by Gasteiger charge is -2.21. The number of hydrogen-bond donors (Lipinski definition) is 1. The first-order valence-corrected chi connectivity index (χ1v) is 6.87. The summed E-state index contributed by atoms with van der Waals surface area (Å²) in [5.74, 6) is 1.74. The van der Waals surface area contributed by atoms with Crippen LogP contribution in [0.5, 0.6) is 0 Å². The largest absolute Gasteiger partial charge is 0.370 e. The molecule has 1 aliphatic carbocycles. The van der Waals surface area contributed by atoms with Gasteiger partial charge in [0.15, 0.2) is 0 Å². The molecule has 1 saturated carbocycles. The third-order valence-corrected chi connectivity index (χ3v) is 3.58. The zero-order chi connectivity index (χ0) is 12.1. The van der Waals surface area contributed by atoms with E-state index >= 15 is 0 Å². The quantitative estimate of drug-likeness (QED) is 0.829. The van der Waals surface area contributed by atoms with Gasteiger partial charge >= 0.3 is 0 Å². The Kier molecular flexibility index (Phi) is 4.60. The predicted octanol–water partition coefficient (Wildman–Crippen LogP) is 3.82. The average molecular weight is 254 g/mol. The summed E-state index contributed by atoms with van der Waals surface area (Å²) in [5, 5.41) is 3.66. The maximum absolute atomic E-state index is 5.82. The third-order valence-electron chi connectivity index (χ3n) is 3.41. The van der Waals surface area contributed by atoms with Crippen molar-refractivity contribution in [1.82, 2.24) is 9.97 Å². The van der Waals surface area contributed by atoms with Crippen molar-refractivity contribution in [2.24, 2.45) is 5.92 Å². The second kappa shape index (κ2) is 6.20. The van der Waals surface area contributed by atoms with Crippen molar-refractivity contribution in [3.8, 4) is 0 Å². The minimum Gasteiger partial charge on any atom is -0.370 e. The Bertz CT molecular complexity index is 341. The minimum absolute atomic E-state index is 0.324. The first kappa shape index (κ1) is 12.6. The van der Waals surface area contributed by atoms with Crippen molar-refractivity contribution in [2.45, 2.75) is 45.4 Å². The van der Waals surface area contributed by atoms with Crippen LogP contribution in [0.25, 0.3) is 0 Å². The number of hydrogen-bond acceptors (Lipinski definition) is 3. The molecular weight excluding hydrogens is 234 g/mol. The van der Waals surface area contributed by atoms with Crippen molar-refractivity contribution in [3.63, 3.8) is 0 Å². The van der Waals surface area contributed by atoms with Crippen molar-refractivity contribution in [3.05, 3.63) is 17.0 Å². The van der Waals surface area contributed by atoms with Crippen molar-refractivity contribution in [1.29, 1.82) is 0 Å². The smallest absolute Gasteiger partial charge is 0.224 e. The highest BCUT2D eigenvalue weighted by Crippen LogP contribution is 2.26. The van der Waals surface area contributed by atoms with Gasteiger partial charge in [0.2, 0.25) is 5.28 Å². The van der Waals surface area contributed by atoms with E-state index in [2.05, 4.69) is 15.3 Å². The van der Waals surface area contributed by atoms with E-state index in [-0.39, 0.29) is 0 Å². The molecule has 0 radical (unpaired) electrons. The highest BCUT2D eigenvalue weighted by Gasteiger charge is 2.12. The highest BCUT2D eigenvalue weighted by atomic mass is 35.5. The molecule has 0 saturated heterocycles. The van der Waals surface area contributed by atoms with Gasteiger partial charge in [0.25, 0.3) is 0 Å². The second-order valence-corrected chi connectivity index (χ2v) is 5.22. The fourth-order valence-corrected chi connectivity index (χ4v) is 2.73. The van der Waals surface area contributed by atoms with Gasteiger partial charge < -0.3 is 5.32 Å². The molecule has 3 nitrogen and oxygen atoms in total. The number of halogens is 1. The molecule has 94 valence electrons. The molecule has 17 heavy (non-hydrogen) atoms. The molecule has 1 fully saturated rings. The van der Waals surface area contributed by atoms with Crippen LogP contribution in [-0.2, 0) is 0 Å². The lowest BCUT2D eigenvalue weighted by molar-refractivity contribution is 0.345. The standard InChI is InChI=1S/C13H20ClN3/c1-10-9-12(17-13(14)16-10)15-8-7-11-5-3-2-4-6-11/h9,11H,2-8H2,1H3,(H,15,16,17). The van der Waals surface area contributed by atoms with Crippen LogP contribution in [0, 0.1) is 12.8 Å². The molecule has 0 unspecified atom stereocenters. The first-order chi connectivity index (χ1) is 8.24. The van der Waals surface area contributed by atoms with Gasteiger partial charge in [-0.3, -0.25) is 0 Å². The fraction of sp³-hybridized carbons (Fsp3) is 0.692. The lowest BCUT2D eigenvalue weighted by Crippen LogP contribution is -2.13. The molecular formula is C13H20ClN3. The van der Waals surface area contributed by atoms with E-state index in [1.54, 1.807) is 0 Å². The normalized spacial score (nSPS) is 17.1. The van der Waals surface area contributed by atoms with Gasteiger partial charge in [-0.2, -0.15) is 0 Å². The summed E-state index contributed by atoms with van der Waals surface area (Å²) in [6, 6.07) is 1.94. The molecule has 1 heterocycles. The highest BCUT2D eigenvalue weighted by molar-refractivity contribution is 6.28. The van der Waals surface area contributed by atoms with Crippen LogP contribution in [0.15, 0.2) is 6.07 Å². The van der Waals surface area contributed by atoms with Gasteiger partial charge in [0.1, 0.15) is 5.82 Å². The molecule has 0 aliphatic heterocycles. The predicted molar refractivity (Wildman–Crippen MR) is 71.5 cm³/mol. The zero-order valence-electron chi connectivity index (χ0n) is 10.4. The third kappa shape index (κ3) is 4.15. The molecule has 0 spiro atoms. The van der Waals surface area contributed by atoms with E-state index in [0.29, 0.717) is 5.28 Å². The minimum atomic E-state index is 0.324. The number of anilines is 1. The Labute approximate surface area is 108 Å². The Balaban J connectivity index is 1.77. The molecule has 0 atom stereocenters. The Morgan fingerprint density at radius 2 is 2.06 bits per heavy atom. The summed E-state index contributed by atoms with van der Waals surface area (Å²) >= 11 is 5.82. The van der Waals surface area contributed by atoms with Crippen LogP contribution >= 0.6 is 11.6 Å². The summed E-state index contributed by atoms with van der Waals surface area (Å²) in [5.41, 5.74) is 0.908. The number of rotatable bonds is 4. The summed E-state index contributed by atoms with van der Waals surface area (Å²) in [6.07, 6.45) is 8.26. The monoisotopic (exact) mass is 253 g/mol. The maximum Gasteiger partial charge on any atom is 0.224 e. The van der Waals surface area contributed by atoms with Gasteiger partial charge in [-0.15, -0.1) is 0 Å². The molecule has 1 aromatic heterocycles. The fourth-order valence-electron chi connectivity index (χ4n) is 2.50. The molecule has 0 amide bonds. The van der Waals surface area contributed by atoms with Gasteiger partial charge in [-0.25, -0.2) is 9.97 Å². The number of nitrogens with one attached hydrogen (secondary N) is 1. The van der Waals surface area contributed by atoms with E-state index < -0.39 is 0 Å². The van der Waals surface area contributed by atoms with Crippen LogP contribution in [0.1, 0.15) is 44.2 Å². The maximum atomic E-state index is 5.82. The summed E-state index contributed by atoms with van der Waals surface area (Å²) < 4.78 is 0. The van der Waals surface area contributed by atoms with E-state index in [0.717, 1.165) is 24.0 Å². The molecule has 0 bridgehead atoms. The summed E-state index contributed by atoms with van der Waals surface area (Å²) in [6.45, 7) is 2.91. The van der Waals surface area contributed by atoms with E-state index in [9.17, 15) is 0 Å². The zero-order valence-corrected chi connectivity index (χ0v) is 11.1. The summed E-state index contributed by atoms with van der Waals surface area (Å²) in [7, 11) is 0. The van der Waals surface area contributed by atoms with Gasteiger partial charge in [-0.05, 0) is 30.9 Å². The van der Waals surface area contributed by atoms with Crippen LogP contribution in [-0.4, -0.2) is 16.5 Å². The van der Waals surface area contributed by atoms with Crippen molar-refractivity contribution in [2.75, 3.05) is 11.9 Å². The lowest BCUT2D eigenvalue weighted by atomic mass is 9.87. The van der Waals surface area contributed by atoms with E-state index in [1.807, 2.05) is 13.0 Å². The number of aryl methyl sites for hydroxylation is 1. The molecule has 1 aromatic rings. The van der Waals surface area contributed by atoms with Crippen LogP contribution < -0.4 is 5.32 Å². The van der Waals surface area contributed by atoms with Gasteiger partial charge in [0.05, 0.1) is 0 Å². The second-order valence-electron chi connectivity index (χ2n) is 4.88. The molecule has 1 N–H and O–H groups in total. The SMILES string of the molecule is Cc1cc(NCCC2CCCCC2)nc(Cl)n1. The van der Waals surface area contributed by atoms with Crippen LogP contribution in [0.4, 0.5) is 5.82 Å². The topological polar surface area (TPSA) is 37.8 Å². The Hall–Kier alpha value is -0.830. The first-order valence-electron chi connectivity index (χ1n) is 6.49. The Morgan fingerprint density at radius 1 is 1.29 bits per heavy atom. The molecule has 2 rings (SSSR count). The van der Waals surface area contributed by atoms with Crippen molar-refractivity contribution < 1.29 is 0 Å². The van der Waals surface area contributed by atoms with Crippen molar-refractivity contribution >= 4 is 17.4 Å². The van der Waals surface area contributed by atoms with E-state index in [1.165, 1.54) is 38.5 Å².